The van der Waals surface area contributed by atoms with Crippen molar-refractivity contribution in [1.29, 1.82) is 0 Å². The number of benzene rings is 2. The zero-order valence-electron chi connectivity index (χ0n) is 20.1. The molecule has 210 valence electrons. The number of hydrogen-bond acceptors (Lipinski definition) is 7. The molecule has 2 aromatic carbocycles. The fourth-order valence-electron chi connectivity index (χ4n) is 2.93. The van der Waals surface area contributed by atoms with Crippen LogP contribution in [0.5, 0.6) is 5.75 Å². The van der Waals surface area contributed by atoms with Gasteiger partial charge in [-0.2, -0.15) is 13.2 Å². The van der Waals surface area contributed by atoms with Gasteiger partial charge in [0.2, 0.25) is 10.0 Å². The molecule has 10 nitrogen and oxygen atoms in total. The van der Waals surface area contributed by atoms with Gasteiger partial charge in [0.05, 0.1) is 5.75 Å². The molecule has 0 saturated carbocycles. The number of nitrogens with one attached hydrogen (secondary N) is 1. The molecule has 0 aliphatic carbocycles. The van der Waals surface area contributed by atoms with Crippen LogP contribution in [0.25, 0.3) is 0 Å². The molecule has 0 fully saturated rings. The van der Waals surface area contributed by atoms with Crippen LogP contribution in [-0.2, 0) is 14.8 Å². The van der Waals surface area contributed by atoms with Gasteiger partial charge in [-0.3, -0.25) is 9.78 Å². The minimum Gasteiger partial charge on any atom is -0.492 e. The molecule has 0 unspecified atom stereocenters. The molecule has 0 atom stereocenters. The van der Waals surface area contributed by atoms with E-state index in [2.05, 4.69) is 10.3 Å². The highest BCUT2D eigenvalue weighted by atomic mass is 35.5. The Hall–Kier alpha value is -3.88. The third-order valence-corrected chi connectivity index (χ3v) is 5.62. The molecule has 1 heterocycles. The predicted molar refractivity (Wildman–Crippen MR) is 139 cm³/mol. The van der Waals surface area contributed by atoms with Crippen LogP contribution in [0.3, 0.4) is 0 Å². The minimum atomic E-state index is -5.08. The number of ether oxygens (including phenoxy) is 1. The first-order valence-electron chi connectivity index (χ1n) is 11.0. The standard InChI is InChI=1S/C22H23ClN4O4S.C2HF3O2/c23-18-14-17(15-21(16-18)31-12-10-26-19-6-8-25-9-7-19)22(28)27(11-13-32(24,29)30)20-4-2-1-3-5-20;3-2(4,5)1(6)7/h1-9,14-16H,10-13H2,(H,25,26)(H2,24,29,30);(H,6,7). The third-order valence-electron chi connectivity index (χ3n) is 4.65. The Morgan fingerprint density at radius 2 is 1.69 bits per heavy atom. The van der Waals surface area contributed by atoms with Crippen molar-refractivity contribution in [2.24, 2.45) is 5.14 Å². The lowest BCUT2D eigenvalue weighted by molar-refractivity contribution is -0.192. The number of halogens is 4. The molecule has 1 aromatic heterocycles. The van der Waals surface area contributed by atoms with E-state index in [1.54, 1.807) is 54.9 Å². The molecule has 0 aliphatic rings. The maximum Gasteiger partial charge on any atom is 0.490 e. The number of para-hydroxylation sites is 1. The van der Waals surface area contributed by atoms with E-state index < -0.39 is 28.1 Å². The quantitative estimate of drug-likeness (QED) is 0.303. The van der Waals surface area contributed by atoms with Gasteiger partial charge in [-0.1, -0.05) is 29.8 Å². The first-order chi connectivity index (χ1) is 18.3. The molecule has 3 rings (SSSR count). The van der Waals surface area contributed by atoms with E-state index in [4.69, 9.17) is 31.4 Å². The van der Waals surface area contributed by atoms with Gasteiger partial charge in [0.15, 0.2) is 0 Å². The van der Waals surface area contributed by atoms with Gasteiger partial charge in [-0.25, -0.2) is 18.4 Å². The molecular weight excluding hydrogens is 565 g/mol. The van der Waals surface area contributed by atoms with Crippen LogP contribution in [0.4, 0.5) is 24.5 Å². The molecule has 0 radical (unpaired) electrons. The normalized spacial score (nSPS) is 11.1. The first kappa shape index (κ1) is 31.3. The van der Waals surface area contributed by atoms with Crippen molar-refractivity contribution in [3.8, 4) is 5.75 Å². The highest BCUT2D eigenvalue weighted by molar-refractivity contribution is 7.89. The fourth-order valence-corrected chi connectivity index (χ4v) is 3.60. The lowest BCUT2D eigenvalue weighted by Crippen LogP contribution is -2.36. The number of aromatic nitrogens is 1. The summed E-state index contributed by atoms with van der Waals surface area (Å²) in [6.07, 6.45) is -1.71. The van der Waals surface area contributed by atoms with Crippen molar-refractivity contribution in [3.05, 3.63) is 83.6 Å². The van der Waals surface area contributed by atoms with E-state index in [-0.39, 0.29) is 17.9 Å². The van der Waals surface area contributed by atoms with Crippen LogP contribution >= 0.6 is 11.6 Å². The Morgan fingerprint density at radius 3 is 2.26 bits per heavy atom. The van der Waals surface area contributed by atoms with Crippen LogP contribution in [-0.4, -0.2) is 62.0 Å². The number of anilines is 2. The van der Waals surface area contributed by atoms with E-state index in [9.17, 15) is 26.4 Å². The Morgan fingerprint density at radius 1 is 1.08 bits per heavy atom. The third kappa shape index (κ3) is 11.6. The van der Waals surface area contributed by atoms with Crippen LogP contribution in [0.15, 0.2) is 73.1 Å². The Bertz CT molecular complexity index is 1350. The second kappa shape index (κ2) is 14.3. The average Bonchev–Trinajstić information content (AvgIpc) is 2.87. The first-order valence-corrected chi connectivity index (χ1v) is 13.1. The summed E-state index contributed by atoms with van der Waals surface area (Å²) in [5.41, 5.74) is 1.73. The van der Waals surface area contributed by atoms with E-state index >= 15 is 0 Å². The van der Waals surface area contributed by atoms with Crippen LogP contribution in [0.1, 0.15) is 10.4 Å². The van der Waals surface area contributed by atoms with E-state index in [1.165, 1.54) is 11.0 Å². The number of rotatable bonds is 10. The van der Waals surface area contributed by atoms with E-state index in [0.29, 0.717) is 29.6 Å². The number of carbonyl (C=O) groups excluding carboxylic acids is 1. The molecule has 0 saturated heterocycles. The number of nitrogens with zero attached hydrogens (tertiary/aromatic N) is 2. The molecule has 39 heavy (non-hydrogen) atoms. The second-order valence-electron chi connectivity index (χ2n) is 7.65. The number of sulfonamides is 1. The van der Waals surface area contributed by atoms with Crippen molar-refractivity contribution >= 4 is 44.9 Å². The number of alkyl halides is 3. The summed E-state index contributed by atoms with van der Waals surface area (Å²) >= 11 is 6.21. The van der Waals surface area contributed by atoms with Gasteiger partial charge >= 0.3 is 12.1 Å². The summed E-state index contributed by atoms with van der Waals surface area (Å²) in [7, 11) is -3.75. The number of aliphatic carboxylic acids is 1. The van der Waals surface area contributed by atoms with Gasteiger partial charge in [-0.15, -0.1) is 0 Å². The van der Waals surface area contributed by atoms with Crippen molar-refractivity contribution in [2.75, 3.05) is 35.7 Å². The molecule has 0 aliphatic heterocycles. The van der Waals surface area contributed by atoms with Gasteiger partial charge < -0.3 is 20.1 Å². The maximum atomic E-state index is 13.2. The summed E-state index contributed by atoms with van der Waals surface area (Å²) in [4.78, 5) is 27.4. The van der Waals surface area contributed by atoms with Crippen LogP contribution in [0.2, 0.25) is 5.02 Å². The summed E-state index contributed by atoms with van der Waals surface area (Å²) in [6, 6.07) is 17.1. The molecule has 0 bridgehead atoms. The zero-order valence-corrected chi connectivity index (χ0v) is 21.7. The SMILES string of the molecule is NS(=O)(=O)CCN(C(=O)c1cc(Cl)cc(OCCNc2ccncc2)c1)c1ccccc1.O=C(O)C(F)(F)F. The van der Waals surface area contributed by atoms with E-state index in [0.717, 1.165) is 5.69 Å². The number of carboxylic acid groups (broad SMARTS) is 1. The Balaban J connectivity index is 0.000000673. The molecule has 4 N–H and O–H groups in total. The minimum absolute atomic E-state index is 0.0970. The number of carbonyl (C=O) groups is 2. The lowest BCUT2D eigenvalue weighted by Gasteiger charge is -2.23. The zero-order chi connectivity index (χ0) is 29.1. The number of carboxylic acids is 1. The van der Waals surface area contributed by atoms with Crippen molar-refractivity contribution in [3.63, 3.8) is 0 Å². The molecule has 15 heteroatoms. The number of primary sulfonamides is 1. The molecule has 1 amide bonds. The number of amides is 1. The fraction of sp³-hybridized carbons (Fsp3) is 0.208. The monoisotopic (exact) mass is 588 g/mol. The number of nitrogens with two attached hydrogens (primary N) is 1. The summed E-state index contributed by atoms with van der Waals surface area (Å²) in [6.45, 7) is 0.772. The molecule has 3 aromatic rings. The number of pyridine rings is 1. The molecular formula is C24H24ClF3N4O6S. The average molecular weight is 589 g/mol. The highest BCUT2D eigenvalue weighted by Crippen LogP contribution is 2.24. The van der Waals surface area contributed by atoms with Crippen LogP contribution in [0, 0.1) is 0 Å². The van der Waals surface area contributed by atoms with Gasteiger partial charge in [0.25, 0.3) is 5.91 Å². The lowest BCUT2D eigenvalue weighted by atomic mass is 10.1. The van der Waals surface area contributed by atoms with Gasteiger partial charge in [-0.05, 0) is 42.5 Å². The maximum absolute atomic E-state index is 13.2. The van der Waals surface area contributed by atoms with Crippen LogP contribution < -0.4 is 20.1 Å². The number of hydrogen-bond donors (Lipinski definition) is 3. The predicted octanol–water partition coefficient (Wildman–Crippen LogP) is 3.79. The summed E-state index contributed by atoms with van der Waals surface area (Å²) in [5.74, 6) is -3.12. The highest BCUT2D eigenvalue weighted by Gasteiger charge is 2.38. The smallest absolute Gasteiger partial charge is 0.490 e. The van der Waals surface area contributed by atoms with Crippen molar-refractivity contribution in [1.82, 2.24) is 4.98 Å². The second-order valence-corrected chi connectivity index (χ2v) is 9.82. The van der Waals surface area contributed by atoms with Gasteiger partial charge in [0.1, 0.15) is 12.4 Å². The van der Waals surface area contributed by atoms with E-state index in [1.807, 2.05) is 12.1 Å². The van der Waals surface area contributed by atoms with Crippen molar-refractivity contribution < 1.29 is 41.0 Å². The van der Waals surface area contributed by atoms with Gasteiger partial charge in [0, 0.05) is 47.4 Å². The van der Waals surface area contributed by atoms with Crippen molar-refractivity contribution in [2.45, 2.75) is 6.18 Å². The summed E-state index contributed by atoms with van der Waals surface area (Å²) < 4.78 is 60.4. The Kier molecular flexibility index (Phi) is 11.5. The Labute approximate surface area is 227 Å². The largest absolute Gasteiger partial charge is 0.492 e. The topological polar surface area (TPSA) is 152 Å². The molecule has 0 spiro atoms. The summed E-state index contributed by atoms with van der Waals surface area (Å²) in [5, 5.41) is 15.8.